The van der Waals surface area contributed by atoms with Crippen LogP contribution in [0.3, 0.4) is 0 Å². The molecule has 0 bridgehead atoms. The van der Waals surface area contributed by atoms with Gasteiger partial charge < -0.3 is 9.47 Å². The first-order valence-corrected chi connectivity index (χ1v) is 9.61. The molecule has 0 amide bonds. The van der Waals surface area contributed by atoms with Gasteiger partial charge >= 0.3 is 6.18 Å². The number of piperidine rings is 1. The number of alkyl halides is 3. The van der Waals surface area contributed by atoms with Crippen LogP contribution in [-0.4, -0.2) is 45.3 Å². The summed E-state index contributed by atoms with van der Waals surface area (Å²) in [7, 11) is -4.10. The molecular weight excluding hydrogens is 383 g/mol. The third kappa shape index (κ3) is 3.95. The van der Waals surface area contributed by atoms with Crippen molar-refractivity contribution in [3.8, 4) is 0 Å². The highest BCUT2D eigenvalue weighted by Crippen LogP contribution is 2.35. The molecule has 2 heterocycles. The third-order valence-electron chi connectivity index (χ3n) is 4.41. The van der Waals surface area contributed by atoms with E-state index in [2.05, 4.69) is 0 Å². The second kappa shape index (κ2) is 7.03. The van der Waals surface area contributed by atoms with E-state index in [1.165, 1.54) is 4.31 Å². The molecular formula is C15H17ClF3NO4S. The Balaban J connectivity index is 1.78. The van der Waals surface area contributed by atoms with Crippen LogP contribution in [0.2, 0.25) is 5.02 Å². The highest BCUT2D eigenvalue weighted by Gasteiger charge is 2.37. The van der Waals surface area contributed by atoms with Gasteiger partial charge in [-0.1, -0.05) is 11.6 Å². The Hall–Kier alpha value is -0.870. The number of hydrogen-bond acceptors (Lipinski definition) is 4. The molecule has 0 saturated carbocycles. The summed E-state index contributed by atoms with van der Waals surface area (Å²) >= 11 is 5.87. The SMILES string of the molecule is O=S(=O)(c1cc(C(F)(F)F)ccc1Cl)N1CCC(C2OCCO2)CC1. The molecule has 0 aliphatic carbocycles. The molecule has 0 unspecified atom stereocenters. The van der Waals surface area contributed by atoms with E-state index in [0.717, 1.165) is 12.1 Å². The summed E-state index contributed by atoms with van der Waals surface area (Å²) in [5.41, 5.74) is -1.04. The molecule has 2 fully saturated rings. The van der Waals surface area contributed by atoms with E-state index in [0.29, 0.717) is 32.1 Å². The fraction of sp³-hybridized carbons (Fsp3) is 0.600. The van der Waals surface area contributed by atoms with Gasteiger partial charge in [0.15, 0.2) is 6.29 Å². The molecule has 1 aromatic carbocycles. The van der Waals surface area contributed by atoms with E-state index in [-0.39, 0.29) is 30.3 Å². The lowest BCUT2D eigenvalue weighted by molar-refractivity contribution is -0.137. The summed E-state index contributed by atoms with van der Waals surface area (Å²) in [5, 5.41) is -0.224. The van der Waals surface area contributed by atoms with E-state index >= 15 is 0 Å². The van der Waals surface area contributed by atoms with Gasteiger partial charge in [-0.15, -0.1) is 0 Å². The first-order valence-electron chi connectivity index (χ1n) is 7.80. The van der Waals surface area contributed by atoms with Crippen LogP contribution in [0.4, 0.5) is 13.2 Å². The molecule has 0 radical (unpaired) electrons. The van der Waals surface area contributed by atoms with Crippen molar-refractivity contribution in [1.29, 1.82) is 0 Å². The van der Waals surface area contributed by atoms with Crippen LogP contribution in [0.15, 0.2) is 23.1 Å². The average Bonchev–Trinajstić information content (AvgIpc) is 3.08. The molecule has 5 nitrogen and oxygen atoms in total. The van der Waals surface area contributed by atoms with E-state index in [1.54, 1.807) is 0 Å². The van der Waals surface area contributed by atoms with Gasteiger partial charge in [-0.25, -0.2) is 8.42 Å². The summed E-state index contributed by atoms with van der Waals surface area (Å²) in [6, 6.07) is 2.32. The van der Waals surface area contributed by atoms with Gasteiger partial charge in [0.2, 0.25) is 10.0 Å². The van der Waals surface area contributed by atoms with Gasteiger partial charge in [0.1, 0.15) is 4.90 Å². The molecule has 2 saturated heterocycles. The van der Waals surface area contributed by atoms with Crippen molar-refractivity contribution in [1.82, 2.24) is 4.31 Å². The van der Waals surface area contributed by atoms with Crippen LogP contribution >= 0.6 is 11.6 Å². The minimum atomic E-state index is -4.64. The Bertz CT molecular complexity index is 727. The zero-order chi connectivity index (χ0) is 18.2. The van der Waals surface area contributed by atoms with Gasteiger partial charge in [-0.05, 0) is 31.0 Å². The lowest BCUT2D eigenvalue weighted by Crippen LogP contribution is -2.41. The van der Waals surface area contributed by atoms with Crippen molar-refractivity contribution in [3.05, 3.63) is 28.8 Å². The van der Waals surface area contributed by atoms with Crippen LogP contribution in [0.1, 0.15) is 18.4 Å². The second-order valence-electron chi connectivity index (χ2n) is 5.99. The van der Waals surface area contributed by atoms with Gasteiger partial charge in [-0.2, -0.15) is 17.5 Å². The zero-order valence-corrected chi connectivity index (χ0v) is 14.7. The van der Waals surface area contributed by atoms with E-state index in [4.69, 9.17) is 21.1 Å². The lowest BCUT2D eigenvalue weighted by atomic mass is 9.98. The Morgan fingerprint density at radius 3 is 2.28 bits per heavy atom. The second-order valence-corrected chi connectivity index (χ2v) is 8.31. The largest absolute Gasteiger partial charge is 0.416 e. The number of sulfonamides is 1. The minimum absolute atomic E-state index is 0.0749. The number of rotatable bonds is 3. The van der Waals surface area contributed by atoms with Crippen molar-refractivity contribution in [2.45, 2.75) is 30.2 Å². The Morgan fingerprint density at radius 1 is 1.12 bits per heavy atom. The predicted octanol–water partition coefficient (Wildman–Crippen LogP) is 3.13. The van der Waals surface area contributed by atoms with Gasteiger partial charge in [0.05, 0.1) is 23.8 Å². The summed E-state index contributed by atoms with van der Waals surface area (Å²) in [6.07, 6.45) is -3.94. The minimum Gasteiger partial charge on any atom is -0.350 e. The molecule has 0 N–H and O–H groups in total. The first kappa shape index (κ1) is 18.9. The molecule has 25 heavy (non-hydrogen) atoms. The molecule has 3 rings (SSSR count). The highest BCUT2D eigenvalue weighted by atomic mass is 35.5. The van der Waals surface area contributed by atoms with Crippen LogP contribution in [0.25, 0.3) is 0 Å². The summed E-state index contributed by atoms with van der Waals surface area (Å²) in [4.78, 5) is -0.518. The highest BCUT2D eigenvalue weighted by molar-refractivity contribution is 7.89. The zero-order valence-electron chi connectivity index (χ0n) is 13.1. The van der Waals surface area contributed by atoms with Crippen molar-refractivity contribution < 1.29 is 31.1 Å². The summed E-state index contributed by atoms with van der Waals surface area (Å²) in [6.45, 7) is 1.40. The van der Waals surface area contributed by atoms with Crippen molar-refractivity contribution in [2.75, 3.05) is 26.3 Å². The quantitative estimate of drug-likeness (QED) is 0.783. The average molecular weight is 400 g/mol. The van der Waals surface area contributed by atoms with Gasteiger partial charge in [0, 0.05) is 19.0 Å². The molecule has 140 valence electrons. The van der Waals surface area contributed by atoms with Gasteiger partial charge in [-0.3, -0.25) is 0 Å². The molecule has 0 aromatic heterocycles. The first-order chi connectivity index (χ1) is 11.7. The number of halogens is 4. The molecule has 0 atom stereocenters. The third-order valence-corrected chi connectivity index (χ3v) is 6.79. The maximum Gasteiger partial charge on any atom is 0.416 e. The molecule has 2 aliphatic heterocycles. The summed E-state index contributed by atoms with van der Waals surface area (Å²) in [5.74, 6) is 0.0749. The van der Waals surface area contributed by atoms with Crippen LogP contribution in [0, 0.1) is 5.92 Å². The summed E-state index contributed by atoms with van der Waals surface area (Å²) < 4.78 is 76.1. The Labute approximate surface area is 148 Å². The maximum absolute atomic E-state index is 12.9. The molecule has 1 aromatic rings. The van der Waals surface area contributed by atoms with Crippen LogP contribution in [0.5, 0.6) is 0 Å². The van der Waals surface area contributed by atoms with E-state index in [9.17, 15) is 21.6 Å². The standard InChI is InChI=1S/C15H17ClF3NO4S/c16-12-2-1-11(15(17,18)19)9-13(12)25(21,22)20-5-3-10(4-6-20)14-23-7-8-24-14/h1-2,9-10,14H,3-8H2. The van der Waals surface area contributed by atoms with E-state index in [1.807, 2.05) is 0 Å². The molecule has 10 heteroatoms. The van der Waals surface area contributed by atoms with Crippen molar-refractivity contribution >= 4 is 21.6 Å². The number of benzene rings is 1. The number of ether oxygens (including phenoxy) is 2. The Kier molecular flexibility index (Phi) is 5.32. The van der Waals surface area contributed by atoms with Crippen molar-refractivity contribution in [3.63, 3.8) is 0 Å². The normalized spacial score (nSPS) is 21.8. The Morgan fingerprint density at radius 2 is 1.72 bits per heavy atom. The smallest absolute Gasteiger partial charge is 0.350 e. The monoisotopic (exact) mass is 399 g/mol. The topological polar surface area (TPSA) is 55.8 Å². The number of hydrogen-bond donors (Lipinski definition) is 0. The van der Waals surface area contributed by atoms with Crippen LogP contribution < -0.4 is 0 Å². The number of nitrogens with zero attached hydrogens (tertiary/aromatic N) is 1. The molecule has 0 spiro atoms. The van der Waals surface area contributed by atoms with E-state index < -0.39 is 26.7 Å². The maximum atomic E-state index is 12.9. The van der Waals surface area contributed by atoms with Crippen molar-refractivity contribution in [2.24, 2.45) is 5.92 Å². The van der Waals surface area contributed by atoms with Gasteiger partial charge in [0.25, 0.3) is 0 Å². The lowest BCUT2D eigenvalue weighted by Gasteiger charge is -2.33. The fourth-order valence-electron chi connectivity index (χ4n) is 3.05. The molecule has 2 aliphatic rings. The fourth-order valence-corrected chi connectivity index (χ4v) is 5.02. The van der Waals surface area contributed by atoms with Crippen LogP contribution in [-0.2, 0) is 25.7 Å². The predicted molar refractivity (Wildman–Crippen MR) is 83.6 cm³/mol.